The number of carbonyl (C=O) groups excluding carboxylic acids is 1. The SMILES string of the molecule is CC(C)C[C@H](NC(=O)NC1CC(C)C1)C(=O)O. The molecule has 0 spiro atoms. The van der Waals surface area contributed by atoms with Crippen molar-refractivity contribution in [3.63, 3.8) is 0 Å². The van der Waals surface area contributed by atoms with Gasteiger partial charge in [-0.25, -0.2) is 9.59 Å². The van der Waals surface area contributed by atoms with Gasteiger partial charge in [-0.1, -0.05) is 20.8 Å². The normalized spacial score (nSPS) is 24.9. The van der Waals surface area contributed by atoms with Gasteiger partial charge in [0.25, 0.3) is 0 Å². The minimum atomic E-state index is -0.976. The van der Waals surface area contributed by atoms with Crippen molar-refractivity contribution >= 4 is 12.0 Å². The Morgan fingerprint density at radius 3 is 2.35 bits per heavy atom. The Morgan fingerprint density at radius 1 is 1.35 bits per heavy atom. The molecule has 0 aromatic rings. The van der Waals surface area contributed by atoms with Gasteiger partial charge in [-0.2, -0.15) is 0 Å². The van der Waals surface area contributed by atoms with E-state index in [2.05, 4.69) is 17.6 Å². The van der Waals surface area contributed by atoms with Crippen molar-refractivity contribution in [1.29, 1.82) is 0 Å². The Morgan fingerprint density at radius 2 is 1.94 bits per heavy atom. The average Bonchev–Trinajstić information content (AvgIpc) is 2.13. The lowest BCUT2D eigenvalue weighted by atomic mass is 9.82. The highest BCUT2D eigenvalue weighted by Gasteiger charge is 2.28. The Labute approximate surface area is 102 Å². The predicted molar refractivity (Wildman–Crippen MR) is 64.7 cm³/mol. The van der Waals surface area contributed by atoms with Gasteiger partial charge in [-0.3, -0.25) is 0 Å². The van der Waals surface area contributed by atoms with Crippen LogP contribution >= 0.6 is 0 Å². The second-order valence-corrected chi connectivity index (χ2v) is 5.41. The minimum Gasteiger partial charge on any atom is -0.480 e. The van der Waals surface area contributed by atoms with Crippen LogP contribution in [0.3, 0.4) is 0 Å². The molecular formula is C12H22N2O3. The predicted octanol–water partition coefficient (Wildman–Crippen LogP) is 1.58. The Bertz CT molecular complexity index is 285. The highest BCUT2D eigenvalue weighted by Crippen LogP contribution is 2.26. The van der Waals surface area contributed by atoms with E-state index in [-0.39, 0.29) is 18.0 Å². The highest BCUT2D eigenvalue weighted by molar-refractivity contribution is 5.82. The van der Waals surface area contributed by atoms with E-state index in [1.807, 2.05) is 13.8 Å². The minimum absolute atomic E-state index is 0.207. The van der Waals surface area contributed by atoms with Crippen LogP contribution in [0.4, 0.5) is 4.79 Å². The zero-order valence-corrected chi connectivity index (χ0v) is 10.7. The van der Waals surface area contributed by atoms with Gasteiger partial charge in [0.05, 0.1) is 0 Å². The third-order valence-electron chi connectivity index (χ3n) is 3.02. The maximum Gasteiger partial charge on any atom is 0.326 e. The van der Waals surface area contributed by atoms with Crippen LogP contribution in [0.5, 0.6) is 0 Å². The maximum absolute atomic E-state index is 11.6. The number of carboxylic acid groups (broad SMARTS) is 1. The van der Waals surface area contributed by atoms with Crippen molar-refractivity contribution in [3.05, 3.63) is 0 Å². The standard InChI is InChI=1S/C12H22N2O3/c1-7(2)4-10(11(15)16)14-12(17)13-9-5-8(3)6-9/h7-10H,4-6H2,1-3H3,(H,15,16)(H2,13,14,17)/t8?,9?,10-/m0/s1. The number of carboxylic acids is 1. The lowest BCUT2D eigenvalue weighted by Gasteiger charge is -2.33. The van der Waals surface area contributed by atoms with Crippen LogP contribution in [0.15, 0.2) is 0 Å². The van der Waals surface area contributed by atoms with Crippen LogP contribution in [0, 0.1) is 11.8 Å². The lowest BCUT2D eigenvalue weighted by Crippen LogP contribution is -2.52. The highest BCUT2D eigenvalue weighted by atomic mass is 16.4. The molecule has 0 radical (unpaired) electrons. The molecule has 5 nitrogen and oxygen atoms in total. The molecule has 3 N–H and O–H groups in total. The van der Waals surface area contributed by atoms with E-state index in [1.165, 1.54) is 0 Å². The molecule has 17 heavy (non-hydrogen) atoms. The second-order valence-electron chi connectivity index (χ2n) is 5.41. The first-order valence-electron chi connectivity index (χ1n) is 6.18. The largest absolute Gasteiger partial charge is 0.480 e. The van der Waals surface area contributed by atoms with E-state index in [4.69, 9.17) is 5.11 Å². The zero-order valence-electron chi connectivity index (χ0n) is 10.7. The van der Waals surface area contributed by atoms with Gasteiger partial charge in [0.2, 0.25) is 0 Å². The van der Waals surface area contributed by atoms with Gasteiger partial charge in [0.15, 0.2) is 0 Å². The van der Waals surface area contributed by atoms with Gasteiger partial charge in [-0.05, 0) is 31.1 Å². The summed E-state index contributed by atoms with van der Waals surface area (Å²) in [5, 5.41) is 14.3. The van der Waals surface area contributed by atoms with E-state index < -0.39 is 12.0 Å². The average molecular weight is 242 g/mol. The van der Waals surface area contributed by atoms with Gasteiger partial charge in [-0.15, -0.1) is 0 Å². The summed E-state index contributed by atoms with van der Waals surface area (Å²) in [7, 11) is 0. The summed E-state index contributed by atoms with van der Waals surface area (Å²) in [6, 6.07) is -0.957. The van der Waals surface area contributed by atoms with E-state index in [9.17, 15) is 9.59 Å². The van der Waals surface area contributed by atoms with E-state index >= 15 is 0 Å². The number of urea groups is 1. The number of amides is 2. The second kappa shape index (κ2) is 5.89. The van der Waals surface area contributed by atoms with E-state index in [1.54, 1.807) is 0 Å². The number of hydrogen-bond acceptors (Lipinski definition) is 2. The zero-order chi connectivity index (χ0) is 13.0. The fourth-order valence-corrected chi connectivity index (χ4v) is 2.10. The quantitative estimate of drug-likeness (QED) is 0.685. The molecule has 0 heterocycles. The molecule has 1 fully saturated rings. The molecule has 1 aliphatic carbocycles. The van der Waals surface area contributed by atoms with Gasteiger partial charge in [0, 0.05) is 6.04 Å². The lowest BCUT2D eigenvalue weighted by molar-refractivity contribution is -0.139. The smallest absolute Gasteiger partial charge is 0.326 e. The van der Waals surface area contributed by atoms with Crippen molar-refractivity contribution in [1.82, 2.24) is 10.6 Å². The van der Waals surface area contributed by atoms with E-state index in [0.29, 0.717) is 12.3 Å². The summed E-state index contributed by atoms with van der Waals surface area (Å²) in [5.74, 6) is -0.0813. The molecule has 2 amide bonds. The summed E-state index contributed by atoms with van der Waals surface area (Å²) < 4.78 is 0. The number of aliphatic carboxylic acids is 1. The topological polar surface area (TPSA) is 78.4 Å². The molecule has 0 bridgehead atoms. The molecule has 0 aromatic heterocycles. The van der Waals surface area contributed by atoms with Crippen LogP contribution in [-0.2, 0) is 4.79 Å². The van der Waals surface area contributed by atoms with Gasteiger partial charge in [0.1, 0.15) is 6.04 Å². The fourth-order valence-electron chi connectivity index (χ4n) is 2.10. The third kappa shape index (κ3) is 4.63. The molecule has 98 valence electrons. The van der Waals surface area contributed by atoms with Crippen molar-refractivity contribution in [2.24, 2.45) is 11.8 Å². The molecule has 1 atom stereocenters. The molecule has 0 aromatic carbocycles. The molecule has 1 saturated carbocycles. The third-order valence-corrected chi connectivity index (χ3v) is 3.02. The Hall–Kier alpha value is -1.26. The number of rotatable bonds is 5. The van der Waals surface area contributed by atoms with Crippen molar-refractivity contribution < 1.29 is 14.7 Å². The molecule has 5 heteroatoms. The first kappa shape index (κ1) is 13.8. The summed E-state index contributed by atoms with van der Waals surface area (Å²) >= 11 is 0. The van der Waals surface area contributed by atoms with E-state index in [0.717, 1.165) is 12.8 Å². The van der Waals surface area contributed by atoms with Crippen LogP contribution in [0.1, 0.15) is 40.0 Å². The van der Waals surface area contributed by atoms with Crippen molar-refractivity contribution in [3.8, 4) is 0 Å². The molecular weight excluding hydrogens is 220 g/mol. The Balaban J connectivity index is 2.33. The molecule has 0 aliphatic heterocycles. The molecule has 1 aliphatic rings. The maximum atomic E-state index is 11.6. The number of nitrogens with one attached hydrogen (secondary N) is 2. The summed E-state index contributed by atoms with van der Waals surface area (Å²) in [6.07, 6.45) is 2.41. The molecule has 0 saturated heterocycles. The van der Waals surface area contributed by atoms with Crippen LogP contribution in [0.2, 0.25) is 0 Å². The van der Waals surface area contributed by atoms with Crippen LogP contribution < -0.4 is 10.6 Å². The van der Waals surface area contributed by atoms with Crippen molar-refractivity contribution in [2.75, 3.05) is 0 Å². The summed E-state index contributed by atoms with van der Waals surface area (Å²) in [5.41, 5.74) is 0. The van der Waals surface area contributed by atoms with Crippen LogP contribution in [-0.4, -0.2) is 29.2 Å². The van der Waals surface area contributed by atoms with Gasteiger partial charge >= 0.3 is 12.0 Å². The number of carbonyl (C=O) groups is 2. The summed E-state index contributed by atoms with van der Waals surface area (Å²) in [6.45, 7) is 6.00. The van der Waals surface area contributed by atoms with Crippen LogP contribution in [0.25, 0.3) is 0 Å². The Kier molecular flexibility index (Phi) is 4.78. The first-order valence-corrected chi connectivity index (χ1v) is 6.18. The molecule has 1 rings (SSSR count). The van der Waals surface area contributed by atoms with Crippen molar-refractivity contribution in [2.45, 2.75) is 52.1 Å². The summed E-state index contributed by atoms with van der Waals surface area (Å²) in [4.78, 5) is 22.5. The van der Waals surface area contributed by atoms with Gasteiger partial charge < -0.3 is 15.7 Å². The molecule has 0 unspecified atom stereocenters. The number of hydrogen-bond donors (Lipinski definition) is 3. The fraction of sp³-hybridized carbons (Fsp3) is 0.833. The first-order chi connectivity index (χ1) is 7.88. The monoisotopic (exact) mass is 242 g/mol.